The van der Waals surface area contributed by atoms with E-state index in [4.69, 9.17) is 27.9 Å². The Labute approximate surface area is 167 Å². The van der Waals surface area contributed by atoms with E-state index < -0.39 is 0 Å². The molecule has 0 aliphatic carbocycles. The van der Waals surface area contributed by atoms with Crippen molar-refractivity contribution < 1.29 is 9.53 Å². The summed E-state index contributed by atoms with van der Waals surface area (Å²) >= 11 is 12.2. The van der Waals surface area contributed by atoms with Gasteiger partial charge in [0, 0.05) is 21.8 Å². The molecule has 1 amide bonds. The minimum atomic E-state index is -0.271. The summed E-state index contributed by atoms with van der Waals surface area (Å²) < 4.78 is 7.32. The molecule has 5 nitrogen and oxygen atoms in total. The Morgan fingerprint density at radius 1 is 1.15 bits per heavy atom. The molecule has 0 spiro atoms. The van der Waals surface area contributed by atoms with Gasteiger partial charge in [-0.2, -0.15) is 5.10 Å². The first-order valence-electron chi connectivity index (χ1n) is 8.39. The molecule has 27 heavy (non-hydrogen) atoms. The number of para-hydroxylation sites is 1. The number of carbonyl (C=O) groups is 1. The summed E-state index contributed by atoms with van der Waals surface area (Å²) in [6.45, 7) is 4.24. The van der Waals surface area contributed by atoms with Gasteiger partial charge in [0.2, 0.25) is 0 Å². The first-order valence-corrected chi connectivity index (χ1v) is 9.14. The average Bonchev–Trinajstić information content (AvgIpc) is 2.95. The van der Waals surface area contributed by atoms with Crippen molar-refractivity contribution >= 4 is 34.9 Å². The molecule has 1 aromatic heterocycles. The molecule has 2 aromatic carbocycles. The smallest absolute Gasteiger partial charge is 0.263 e. The summed E-state index contributed by atoms with van der Waals surface area (Å²) in [5, 5.41) is 8.34. The summed E-state index contributed by atoms with van der Waals surface area (Å²) in [4.78, 5) is 12.1. The van der Waals surface area contributed by atoms with Crippen molar-refractivity contribution in [1.29, 1.82) is 0 Å². The number of aromatic nitrogens is 2. The molecule has 7 heteroatoms. The van der Waals surface area contributed by atoms with Gasteiger partial charge in [-0.05, 0) is 43.2 Å². The predicted molar refractivity (Wildman–Crippen MR) is 108 cm³/mol. The molecule has 0 unspecified atom stereocenters. The maximum atomic E-state index is 12.1. The molecule has 0 saturated heterocycles. The number of hydrogen-bond donors (Lipinski definition) is 1. The molecule has 0 fully saturated rings. The number of anilines is 1. The Bertz CT molecular complexity index is 970. The third-order valence-electron chi connectivity index (χ3n) is 4.04. The Balaban J connectivity index is 1.62. The van der Waals surface area contributed by atoms with E-state index in [1.807, 2.05) is 44.2 Å². The van der Waals surface area contributed by atoms with E-state index in [-0.39, 0.29) is 12.5 Å². The Kier molecular flexibility index (Phi) is 6.04. The largest absolute Gasteiger partial charge is 0.483 e. The third-order valence-corrected chi connectivity index (χ3v) is 4.62. The van der Waals surface area contributed by atoms with Crippen molar-refractivity contribution in [3.63, 3.8) is 0 Å². The molecule has 3 rings (SSSR count). The maximum Gasteiger partial charge on any atom is 0.263 e. The van der Waals surface area contributed by atoms with Crippen LogP contribution < -0.4 is 10.1 Å². The minimum absolute atomic E-state index is 0.0836. The van der Waals surface area contributed by atoms with Gasteiger partial charge in [0.1, 0.15) is 5.75 Å². The molecule has 3 aromatic rings. The van der Waals surface area contributed by atoms with Crippen molar-refractivity contribution in [2.24, 2.45) is 0 Å². The first-order chi connectivity index (χ1) is 12.9. The number of carbonyl (C=O) groups excluding carboxylic acids is 1. The van der Waals surface area contributed by atoms with Gasteiger partial charge in [0.05, 0.1) is 6.54 Å². The number of nitrogens with one attached hydrogen (secondary N) is 1. The molecule has 1 heterocycles. The van der Waals surface area contributed by atoms with Crippen molar-refractivity contribution in [3.8, 4) is 5.75 Å². The molecule has 0 saturated carbocycles. The Morgan fingerprint density at radius 2 is 1.93 bits per heavy atom. The fourth-order valence-electron chi connectivity index (χ4n) is 2.58. The number of halogens is 2. The van der Waals surface area contributed by atoms with Crippen LogP contribution in [-0.2, 0) is 11.3 Å². The van der Waals surface area contributed by atoms with Gasteiger partial charge in [-0.25, -0.2) is 0 Å². The third kappa shape index (κ3) is 5.02. The van der Waals surface area contributed by atoms with E-state index in [1.54, 1.807) is 22.9 Å². The van der Waals surface area contributed by atoms with Gasteiger partial charge >= 0.3 is 0 Å². The summed E-state index contributed by atoms with van der Waals surface area (Å²) in [6, 6.07) is 14.7. The lowest BCUT2D eigenvalue weighted by atomic mass is 10.2. The standard InChI is InChI=1S/C20H19Cl2N3O2/c1-13-5-3-4-6-18(13)27-12-20(26)23-19-9-14(2)25(24-19)11-15-7-8-16(21)10-17(15)22/h3-10H,11-12H2,1-2H3,(H,23,24,26). The SMILES string of the molecule is Cc1ccccc1OCC(=O)Nc1cc(C)n(Cc2ccc(Cl)cc2Cl)n1. The highest BCUT2D eigenvalue weighted by molar-refractivity contribution is 6.35. The van der Waals surface area contributed by atoms with Crippen LogP contribution in [0.3, 0.4) is 0 Å². The maximum absolute atomic E-state index is 12.1. The lowest BCUT2D eigenvalue weighted by Gasteiger charge is -2.08. The van der Waals surface area contributed by atoms with Crippen LogP contribution in [0.15, 0.2) is 48.5 Å². The monoisotopic (exact) mass is 403 g/mol. The van der Waals surface area contributed by atoms with Crippen LogP contribution in [-0.4, -0.2) is 22.3 Å². The summed E-state index contributed by atoms with van der Waals surface area (Å²) in [6.07, 6.45) is 0. The summed E-state index contributed by atoms with van der Waals surface area (Å²) in [5.41, 5.74) is 2.77. The van der Waals surface area contributed by atoms with Gasteiger partial charge in [-0.3, -0.25) is 9.48 Å². The molecular formula is C20H19Cl2N3O2. The van der Waals surface area contributed by atoms with Gasteiger partial charge in [0.15, 0.2) is 12.4 Å². The number of rotatable bonds is 6. The Hall–Kier alpha value is -2.50. The van der Waals surface area contributed by atoms with E-state index in [0.29, 0.717) is 28.2 Å². The number of benzene rings is 2. The zero-order valence-electron chi connectivity index (χ0n) is 15.0. The quantitative estimate of drug-likeness (QED) is 0.638. The highest BCUT2D eigenvalue weighted by Gasteiger charge is 2.11. The highest BCUT2D eigenvalue weighted by Crippen LogP contribution is 2.22. The molecule has 0 aliphatic heterocycles. The van der Waals surface area contributed by atoms with Crippen LogP contribution in [0, 0.1) is 13.8 Å². The zero-order valence-corrected chi connectivity index (χ0v) is 16.5. The normalized spacial score (nSPS) is 10.7. The number of nitrogens with zero attached hydrogens (tertiary/aromatic N) is 2. The Morgan fingerprint density at radius 3 is 2.67 bits per heavy atom. The van der Waals surface area contributed by atoms with E-state index >= 15 is 0 Å². The second-order valence-corrected chi connectivity index (χ2v) is 7.01. The van der Waals surface area contributed by atoms with Crippen molar-refractivity contribution in [2.75, 3.05) is 11.9 Å². The van der Waals surface area contributed by atoms with Crippen molar-refractivity contribution in [2.45, 2.75) is 20.4 Å². The van der Waals surface area contributed by atoms with Crippen LogP contribution in [0.5, 0.6) is 5.75 Å². The molecule has 0 aliphatic rings. The van der Waals surface area contributed by atoms with Gasteiger partial charge in [0.25, 0.3) is 5.91 Å². The predicted octanol–water partition coefficient (Wildman–Crippen LogP) is 4.87. The number of aryl methyl sites for hydroxylation is 2. The number of ether oxygens (including phenoxy) is 1. The van der Waals surface area contributed by atoms with Crippen LogP contribution in [0.2, 0.25) is 10.0 Å². The molecule has 0 atom stereocenters. The van der Waals surface area contributed by atoms with Gasteiger partial charge in [-0.1, -0.05) is 47.5 Å². The fraction of sp³-hybridized carbons (Fsp3) is 0.200. The molecular weight excluding hydrogens is 385 g/mol. The van der Waals surface area contributed by atoms with E-state index in [0.717, 1.165) is 16.8 Å². The number of amides is 1. The molecule has 1 N–H and O–H groups in total. The highest BCUT2D eigenvalue weighted by atomic mass is 35.5. The summed E-state index contributed by atoms with van der Waals surface area (Å²) in [5.74, 6) is 0.884. The van der Waals surface area contributed by atoms with E-state index in [1.165, 1.54) is 0 Å². The minimum Gasteiger partial charge on any atom is -0.483 e. The first kappa shape index (κ1) is 19.3. The van der Waals surface area contributed by atoms with Crippen LogP contribution in [0.4, 0.5) is 5.82 Å². The van der Waals surface area contributed by atoms with E-state index in [2.05, 4.69) is 10.4 Å². The topological polar surface area (TPSA) is 56.1 Å². The lowest BCUT2D eigenvalue weighted by molar-refractivity contribution is -0.118. The van der Waals surface area contributed by atoms with Crippen LogP contribution in [0.25, 0.3) is 0 Å². The fourth-order valence-corrected chi connectivity index (χ4v) is 3.05. The second kappa shape index (κ2) is 8.46. The lowest BCUT2D eigenvalue weighted by Crippen LogP contribution is -2.20. The van der Waals surface area contributed by atoms with Gasteiger partial charge < -0.3 is 10.1 Å². The van der Waals surface area contributed by atoms with Crippen LogP contribution in [0.1, 0.15) is 16.8 Å². The van der Waals surface area contributed by atoms with Gasteiger partial charge in [-0.15, -0.1) is 0 Å². The average molecular weight is 404 g/mol. The van der Waals surface area contributed by atoms with E-state index in [9.17, 15) is 4.79 Å². The summed E-state index contributed by atoms with van der Waals surface area (Å²) in [7, 11) is 0. The molecule has 0 radical (unpaired) electrons. The van der Waals surface area contributed by atoms with Crippen molar-refractivity contribution in [1.82, 2.24) is 9.78 Å². The molecule has 0 bridgehead atoms. The second-order valence-electron chi connectivity index (χ2n) is 6.17. The van der Waals surface area contributed by atoms with Crippen molar-refractivity contribution in [3.05, 3.63) is 75.4 Å². The van der Waals surface area contributed by atoms with Crippen LogP contribution >= 0.6 is 23.2 Å². The number of hydrogen-bond acceptors (Lipinski definition) is 3. The zero-order chi connectivity index (χ0) is 19.4. The molecule has 140 valence electrons.